The summed E-state index contributed by atoms with van der Waals surface area (Å²) >= 11 is 0. The Balaban J connectivity index is 2.59. The Morgan fingerprint density at radius 3 is 2.84 bits per heavy atom. The van der Waals surface area contributed by atoms with Gasteiger partial charge in [-0.05, 0) is 12.1 Å². The summed E-state index contributed by atoms with van der Waals surface area (Å²) in [5, 5.41) is 2.87. The Hall–Kier alpha value is -1.89. The first-order valence-electron chi connectivity index (χ1n) is 5.62. The molecule has 0 radical (unpaired) electrons. The molecule has 1 rings (SSSR count). The van der Waals surface area contributed by atoms with Gasteiger partial charge in [-0.2, -0.15) is 0 Å². The number of esters is 1. The number of carbonyl (C=O) groups is 1. The van der Waals surface area contributed by atoms with Crippen LogP contribution >= 0.6 is 0 Å². The highest BCUT2D eigenvalue weighted by Gasteiger charge is 2.13. The van der Waals surface area contributed by atoms with Gasteiger partial charge in [0.15, 0.2) is 0 Å². The number of nitrogens with two attached hydrogens (primary N) is 1. The molecule has 7 heteroatoms. The standard InChI is InChI=1S/C12H16F2N2O3/c1-18-12(17)8-3-2-4-9(15)11(8)16-5-6-19-7-10(13)14/h2-4,10,16H,5-7,15H2,1H3. The van der Waals surface area contributed by atoms with Crippen LogP contribution in [0.5, 0.6) is 0 Å². The van der Waals surface area contributed by atoms with Crippen LogP contribution < -0.4 is 11.1 Å². The third-order valence-corrected chi connectivity index (χ3v) is 2.29. The summed E-state index contributed by atoms with van der Waals surface area (Å²) in [5.74, 6) is -0.525. The molecule has 0 saturated carbocycles. The van der Waals surface area contributed by atoms with Gasteiger partial charge in [0.25, 0.3) is 6.43 Å². The van der Waals surface area contributed by atoms with Crippen LogP contribution in [0, 0.1) is 0 Å². The molecule has 0 aromatic heterocycles. The van der Waals surface area contributed by atoms with Gasteiger partial charge < -0.3 is 20.5 Å². The number of carbonyl (C=O) groups excluding carboxylic acids is 1. The average Bonchev–Trinajstić information content (AvgIpc) is 2.38. The smallest absolute Gasteiger partial charge is 0.340 e. The van der Waals surface area contributed by atoms with E-state index in [1.807, 2.05) is 0 Å². The first kappa shape index (κ1) is 15.2. The maximum atomic E-state index is 11.8. The average molecular weight is 274 g/mol. The number of hydrogen-bond acceptors (Lipinski definition) is 5. The number of anilines is 2. The highest BCUT2D eigenvalue weighted by Crippen LogP contribution is 2.23. The van der Waals surface area contributed by atoms with Crippen LogP contribution in [0.4, 0.5) is 20.2 Å². The summed E-state index contributed by atoms with van der Waals surface area (Å²) in [4.78, 5) is 11.5. The molecule has 0 atom stereocenters. The molecule has 0 fully saturated rings. The summed E-state index contributed by atoms with van der Waals surface area (Å²) in [6.45, 7) is -0.278. The van der Waals surface area contributed by atoms with Crippen LogP contribution in [-0.4, -0.2) is 39.3 Å². The third kappa shape index (κ3) is 4.70. The largest absolute Gasteiger partial charge is 0.465 e. The molecule has 0 aliphatic heterocycles. The first-order valence-corrected chi connectivity index (χ1v) is 5.62. The summed E-state index contributed by atoms with van der Waals surface area (Å²) < 4.78 is 33.0. The number of nitrogen functional groups attached to an aromatic ring is 1. The number of alkyl halides is 2. The second kappa shape index (κ2) is 7.52. The molecule has 0 bridgehead atoms. The lowest BCUT2D eigenvalue weighted by molar-refractivity contribution is 0.0215. The number of ether oxygens (including phenoxy) is 2. The van der Waals surface area contributed by atoms with Gasteiger partial charge in [0.1, 0.15) is 6.61 Å². The van der Waals surface area contributed by atoms with Crippen molar-refractivity contribution in [2.45, 2.75) is 6.43 Å². The molecule has 0 unspecified atom stereocenters. The van der Waals surface area contributed by atoms with Gasteiger partial charge in [0, 0.05) is 6.54 Å². The van der Waals surface area contributed by atoms with Crippen molar-refractivity contribution >= 4 is 17.3 Å². The van der Waals surface area contributed by atoms with Crippen molar-refractivity contribution in [1.82, 2.24) is 0 Å². The molecule has 0 heterocycles. The van der Waals surface area contributed by atoms with Gasteiger partial charge in [-0.3, -0.25) is 0 Å². The number of para-hydroxylation sites is 1. The predicted molar refractivity (Wildman–Crippen MR) is 67.5 cm³/mol. The molecule has 0 spiro atoms. The molecule has 0 saturated heterocycles. The Morgan fingerprint density at radius 2 is 2.21 bits per heavy atom. The molecule has 5 nitrogen and oxygen atoms in total. The Kier molecular flexibility index (Phi) is 6.01. The van der Waals surface area contributed by atoms with Crippen molar-refractivity contribution < 1.29 is 23.0 Å². The van der Waals surface area contributed by atoms with Gasteiger partial charge >= 0.3 is 5.97 Å². The van der Waals surface area contributed by atoms with Gasteiger partial charge in [-0.15, -0.1) is 0 Å². The first-order chi connectivity index (χ1) is 9.06. The van der Waals surface area contributed by atoms with E-state index in [0.717, 1.165) is 0 Å². The minimum atomic E-state index is -2.49. The zero-order chi connectivity index (χ0) is 14.3. The van der Waals surface area contributed by atoms with Gasteiger partial charge in [0.05, 0.1) is 30.7 Å². The number of halogens is 2. The molecule has 3 N–H and O–H groups in total. The van der Waals surface area contributed by atoms with E-state index >= 15 is 0 Å². The SMILES string of the molecule is COC(=O)c1cccc(N)c1NCCOCC(F)F. The van der Waals surface area contributed by atoms with Crippen molar-refractivity contribution in [2.24, 2.45) is 0 Å². The number of nitrogens with one attached hydrogen (secondary N) is 1. The zero-order valence-corrected chi connectivity index (χ0v) is 10.5. The zero-order valence-electron chi connectivity index (χ0n) is 10.5. The molecule has 0 amide bonds. The fraction of sp³-hybridized carbons (Fsp3) is 0.417. The summed E-state index contributed by atoms with van der Waals surface area (Å²) in [6.07, 6.45) is -2.49. The van der Waals surface area contributed by atoms with Crippen LogP contribution in [-0.2, 0) is 9.47 Å². The molecular weight excluding hydrogens is 258 g/mol. The minimum absolute atomic E-state index is 0.0826. The Labute approximate surface area is 109 Å². The summed E-state index contributed by atoms with van der Waals surface area (Å²) in [5.41, 5.74) is 6.82. The van der Waals surface area contributed by atoms with Gasteiger partial charge in [-0.1, -0.05) is 6.07 Å². The van der Waals surface area contributed by atoms with E-state index in [4.69, 9.17) is 10.5 Å². The molecule has 1 aromatic rings. The van der Waals surface area contributed by atoms with Gasteiger partial charge in [0.2, 0.25) is 0 Å². The maximum Gasteiger partial charge on any atom is 0.340 e. The number of rotatable bonds is 7. The lowest BCUT2D eigenvalue weighted by Gasteiger charge is -2.13. The van der Waals surface area contributed by atoms with Crippen molar-refractivity contribution in [3.05, 3.63) is 23.8 Å². The third-order valence-electron chi connectivity index (χ3n) is 2.29. The van der Waals surface area contributed by atoms with Crippen molar-refractivity contribution in [2.75, 3.05) is 37.9 Å². The molecule has 0 aliphatic rings. The highest BCUT2D eigenvalue weighted by atomic mass is 19.3. The van der Waals surface area contributed by atoms with Crippen LogP contribution in [0.3, 0.4) is 0 Å². The van der Waals surface area contributed by atoms with E-state index in [1.165, 1.54) is 7.11 Å². The summed E-state index contributed by atoms with van der Waals surface area (Å²) in [6, 6.07) is 4.80. The van der Waals surface area contributed by atoms with Crippen LogP contribution in [0.2, 0.25) is 0 Å². The normalized spacial score (nSPS) is 10.5. The fourth-order valence-electron chi connectivity index (χ4n) is 1.47. The van der Waals surface area contributed by atoms with Crippen molar-refractivity contribution in [3.63, 3.8) is 0 Å². The Bertz CT molecular complexity index is 427. The fourth-order valence-corrected chi connectivity index (χ4v) is 1.47. The van der Waals surface area contributed by atoms with Gasteiger partial charge in [-0.25, -0.2) is 13.6 Å². The second-order valence-electron chi connectivity index (χ2n) is 3.65. The number of benzene rings is 1. The topological polar surface area (TPSA) is 73.6 Å². The molecule has 106 valence electrons. The lowest BCUT2D eigenvalue weighted by Crippen LogP contribution is -2.16. The van der Waals surface area contributed by atoms with Crippen LogP contribution in [0.1, 0.15) is 10.4 Å². The number of hydrogen-bond donors (Lipinski definition) is 2. The van der Waals surface area contributed by atoms with E-state index in [9.17, 15) is 13.6 Å². The van der Waals surface area contributed by atoms with E-state index in [1.54, 1.807) is 18.2 Å². The predicted octanol–water partition coefficient (Wildman–Crippen LogP) is 1.75. The monoisotopic (exact) mass is 274 g/mol. The summed E-state index contributed by atoms with van der Waals surface area (Å²) in [7, 11) is 1.26. The molecular formula is C12H16F2N2O3. The lowest BCUT2D eigenvalue weighted by atomic mass is 10.1. The minimum Gasteiger partial charge on any atom is -0.465 e. The second-order valence-corrected chi connectivity index (χ2v) is 3.65. The maximum absolute atomic E-state index is 11.8. The van der Waals surface area contributed by atoms with E-state index in [0.29, 0.717) is 11.4 Å². The molecule has 1 aromatic carbocycles. The van der Waals surface area contributed by atoms with Crippen LogP contribution in [0.15, 0.2) is 18.2 Å². The van der Waals surface area contributed by atoms with E-state index in [2.05, 4.69) is 10.1 Å². The Morgan fingerprint density at radius 1 is 1.47 bits per heavy atom. The van der Waals surface area contributed by atoms with E-state index < -0.39 is 19.0 Å². The number of methoxy groups -OCH3 is 1. The van der Waals surface area contributed by atoms with Crippen LogP contribution in [0.25, 0.3) is 0 Å². The molecule has 19 heavy (non-hydrogen) atoms. The highest BCUT2D eigenvalue weighted by molar-refractivity contribution is 5.98. The van der Waals surface area contributed by atoms with Crippen molar-refractivity contribution in [1.29, 1.82) is 0 Å². The van der Waals surface area contributed by atoms with Crippen molar-refractivity contribution in [3.8, 4) is 0 Å². The quantitative estimate of drug-likeness (QED) is 0.450. The van der Waals surface area contributed by atoms with E-state index in [-0.39, 0.29) is 18.7 Å². The molecule has 0 aliphatic carbocycles.